The Morgan fingerprint density at radius 1 is 0.783 bits per heavy atom. The molecule has 110 valence electrons. The van der Waals surface area contributed by atoms with Gasteiger partial charge in [-0.15, -0.1) is 22.7 Å². The molecule has 0 aromatic carbocycles. The summed E-state index contributed by atoms with van der Waals surface area (Å²) >= 11 is 3.58. The van der Waals surface area contributed by atoms with Crippen LogP contribution in [0.2, 0.25) is 0 Å². The second kappa shape index (κ2) is 5.05. The van der Waals surface area contributed by atoms with E-state index in [1.807, 2.05) is 0 Å². The topological polar surface area (TPSA) is 8.51 Å². The van der Waals surface area contributed by atoms with Gasteiger partial charge in [-0.3, -0.25) is 0 Å². The van der Waals surface area contributed by atoms with Gasteiger partial charge in [-0.2, -0.15) is 8.80 Å². The first-order chi connectivity index (χ1) is 11.4. The Bertz CT molecular complexity index is 1100. The molecule has 0 amide bonds. The van der Waals surface area contributed by atoms with Crippen LogP contribution in [0.3, 0.4) is 0 Å². The third-order valence-electron chi connectivity index (χ3n) is 4.09. The molecule has 4 heteroatoms. The van der Waals surface area contributed by atoms with Crippen molar-refractivity contribution in [3.05, 3.63) is 77.8 Å². The lowest BCUT2D eigenvalue weighted by Crippen LogP contribution is -2.27. The third kappa shape index (κ3) is 1.89. The fraction of sp³-hybridized carbons (Fsp3) is 0. The Labute approximate surface area is 141 Å². The fourth-order valence-corrected chi connectivity index (χ4v) is 4.72. The zero-order valence-corrected chi connectivity index (χ0v) is 13.8. The van der Waals surface area contributed by atoms with Crippen molar-refractivity contribution in [1.82, 2.24) is 4.40 Å². The molecule has 0 fully saturated rings. The Kier molecular flexibility index (Phi) is 2.86. The van der Waals surface area contributed by atoms with Crippen LogP contribution < -0.4 is 4.40 Å². The number of hydrogen-bond donors (Lipinski definition) is 0. The predicted octanol–water partition coefficient (Wildman–Crippen LogP) is 5.14. The number of nitrogens with zero attached hydrogens (tertiary/aromatic N) is 2. The zero-order chi connectivity index (χ0) is 15.2. The van der Waals surface area contributed by atoms with Crippen LogP contribution in [0.4, 0.5) is 0 Å². The van der Waals surface area contributed by atoms with Crippen LogP contribution in [-0.4, -0.2) is 4.40 Å². The molecule has 0 N–H and O–H groups in total. The minimum Gasteiger partial charge on any atom is -0.199 e. The predicted molar refractivity (Wildman–Crippen MR) is 97.2 cm³/mol. The normalized spacial score (nSPS) is 11.5. The summed E-state index contributed by atoms with van der Waals surface area (Å²) in [7, 11) is 0. The van der Waals surface area contributed by atoms with Crippen molar-refractivity contribution in [2.45, 2.75) is 0 Å². The minimum absolute atomic E-state index is 1.18. The van der Waals surface area contributed by atoms with E-state index in [4.69, 9.17) is 0 Å². The van der Waals surface area contributed by atoms with Gasteiger partial charge in [0.1, 0.15) is 5.52 Å². The SMILES string of the molecule is c1csc(-c2c(-c3cccs3)[n+]3ccccc3n3cccc23)c1. The summed E-state index contributed by atoms with van der Waals surface area (Å²) in [5.74, 6) is 0. The van der Waals surface area contributed by atoms with E-state index in [1.54, 1.807) is 22.7 Å². The van der Waals surface area contributed by atoms with E-state index < -0.39 is 0 Å². The number of pyridine rings is 1. The molecule has 0 spiro atoms. The second-order valence-corrected chi connectivity index (χ2v) is 7.27. The molecule has 0 saturated carbocycles. The van der Waals surface area contributed by atoms with Gasteiger partial charge in [-0.05, 0) is 41.1 Å². The monoisotopic (exact) mass is 333 g/mol. The number of aromatic nitrogens is 2. The van der Waals surface area contributed by atoms with Gasteiger partial charge < -0.3 is 0 Å². The standard InChI is InChI=1S/C19H13N2S2/c1-2-10-21-17(9-1)20-11-3-6-14(20)18(15-7-4-12-22-15)19(21)16-8-5-13-23-16/h1-13H/q+1. The maximum absolute atomic E-state index is 2.30. The lowest BCUT2D eigenvalue weighted by atomic mass is 10.1. The molecule has 0 bridgehead atoms. The van der Waals surface area contributed by atoms with E-state index >= 15 is 0 Å². The number of hydrogen-bond acceptors (Lipinski definition) is 2. The molecule has 0 aliphatic rings. The summed E-state index contributed by atoms with van der Waals surface area (Å²) < 4.78 is 4.57. The molecular weight excluding hydrogens is 320 g/mol. The van der Waals surface area contributed by atoms with Crippen molar-refractivity contribution in [3.63, 3.8) is 0 Å². The third-order valence-corrected chi connectivity index (χ3v) is 5.85. The number of thiophene rings is 2. The molecule has 5 heterocycles. The molecule has 2 nitrogen and oxygen atoms in total. The lowest BCUT2D eigenvalue weighted by molar-refractivity contribution is -0.501. The highest BCUT2D eigenvalue weighted by molar-refractivity contribution is 7.14. The van der Waals surface area contributed by atoms with Gasteiger partial charge in [0.2, 0.25) is 0 Å². The molecule has 5 rings (SSSR count). The van der Waals surface area contributed by atoms with Crippen LogP contribution in [0, 0.1) is 0 Å². The quantitative estimate of drug-likeness (QED) is 0.396. The Morgan fingerprint density at radius 3 is 2.39 bits per heavy atom. The highest BCUT2D eigenvalue weighted by Gasteiger charge is 2.24. The number of rotatable bonds is 2. The fourth-order valence-electron chi connectivity index (χ4n) is 3.16. The van der Waals surface area contributed by atoms with E-state index in [-0.39, 0.29) is 0 Å². The van der Waals surface area contributed by atoms with Gasteiger partial charge in [0, 0.05) is 10.9 Å². The Hall–Kier alpha value is -2.43. The molecule has 0 saturated heterocycles. The maximum atomic E-state index is 2.30. The first kappa shape index (κ1) is 13.0. The average Bonchev–Trinajstić information content (AvgIpc) is 3.34. The van der Waals surface area contributed by atoms with Crippen molar-refractivity contribution in [1.29, 1.82) is 0 Å². The summed E-state index contributed by atoms with van der Waals surface area (Å²) in [5, 5.41) is 4.29. The van der Waals surface area contributed by atoms with Crippen molar-refractivity contribution in [3.8, 4) is 21.0 Å². The van der Waals surface area contributed by atoms with Crippen molar-refractivity contribution < 1.29 is 4.40 Å². The largest absolute Gasteiger partial charge is 0.291 e. The van der Waals surface area contributed by atoms with E-state index in [0.717, 1.165) is 0 Å². The van der Waals surface area contributed by atoms with E-state index in [2.05, 4.69) is 86.6 Å². The van der Waals surface area contributed by atoms with Crippen LogP contribution in [0.1, 0.15) is 0 Å². The summed E-state index contributed by atoms with van der Waals surface area (Å²) in [4.78, 5) is 2.59. The molecule has 0 aliphatic heterocycles. The van der Waals surface area contributed by atoms with E-state index in [1.165, 1.54) is 32.2 Å². The van der Waals surface area contributed by atoms with Crippen molar-refractivity contribution in [2.24, 2.45) is 0 Å². The Morgan fingerprint density at radius 2 is 1.61 bits per heavy atom. The molecule has 0 radical (unpaired) electrons. The zero-order valence-electron chi connectivity index (χ0n) is 12.2. The van der Waals surface area contributed by atoms with Crippen LogP contribution in [0.25, 0.3) is 32.2 Å². The summed E-state index contributed by atoms with van der Waals surface area (Å²) in [6.45, 7) is 0. The first-order valence-corrected chi connectivity index (χ1v) is 9.20. The second-order valence-electron chi connectivity index (χ2n) is 5.37. The van der Waals surface area contributed by atoms with Gasteiger partial charge in [-0.25, -0.2) is 0 Å². The summed E-state index contributed by atoms with van der Waals surface area (Å²) in [6, 6.07) is 19.3. The summed E-state index contributed by atoms with van der Waals surface area (Å²) in [5.41, 5.74) is 5.00. The average molecular weight is 333 g/mol. The van der Waals surface area contributed by atoms with Crippen LogP contribution in [-0.2, 0) is 0 Å². The minimum atomic E-state index is 1.18. The highest BCUT2D eigenvalue weighted by Crippen LogP contribution is 2.38. The molecule has 5 aromatic heterocycles. The molecule has 0 atom stereocenters. The lowest BCUT2D eigenvalue weighted by Gasteiger charge is -2.09. The van der Waals surface area contributed by atoms with Gasteiger partial charge in [0.05, 0.1) is 22.8 Å². The molecule has 0 aliphatic carbocycles. The van der Waals surface area contributed by atoms with Crippen LogP contribution >= 0.6 is 22.7 Å². The van der Waals surface area contributed by atoms with Crippen molar-refractivity contribution in [2.75, 3.05) is 0 Å². The molecule has 5 aromatic rings. The van der Waals surface area contributed by atoms with Crippen molar-refractivity contribution >= 4 is 33.8 Å². The Balaban J connectivity index is 2.07. The molecular formula is C19H13N2S2+. The van der Waals surface area contributed by atoms with Gasteiger partial charge in [0.15, 0.2) is 5.69 Å². The maximum Gasteiger partial charge on any atom is 0.291 e. The first-order valence-electron chi connectivity index (χ1n) is 7.45. The van der Waals surface area contributed by atoms with Crippen LogP contribution in [0.15, 0.2) is 77.8 Å². The van der Waals surface area contributed by atoms with E-state index in [0.29, 0.717) is 0 Å². The van der Waals surface area contributed by atoms with Crippen LogP contribution in [0.5, 0.6) is 0 Å². The van der Waals surface area contributed by atoms with Gasteiger partial charge in [-0.1, -0.05) is 18.2 Å². The highest BCUT2D eigenvalue weighted by atomic mass is 32.1. The van der Waals surface area contributed by atoms with Gasteiger partial charge in [0.25, 0.3) is 5.65 Å². The molecule has 0 unspecified atom stereocenters. The molecule has 23 heavy (non-hydrogen) atoms. The van der Waals surface area contributed by atoms with Gasteiger partial charge >= 0.3 is 0 Å². The van der Waals surface area contributed by atoms with E-state index in [9.17, 15) is 0 Å². The smallest absolute Gasteiger partial charge is 0.199 e. The number of fused-ring (bicyclic) bond motifs is 3. The summed E-state index contributed by atoms with van der Waals surface area (Å²) in [6.07, 6.45) is 4.29.